The van der Waals surface area contributed by atoms with E-state index in [1.807, 2.05) is 0 Å². The Kier molecular flexibility index (Phi) is 5.55. The first-order valence-electron chi connectivity index (χ1n) is 8.11. The molecule has 132 valence electrons. The molecule has 2 aromatic rings. The van der Waals surface area contributed by atoms with Crippen LogP contribution in [-0.2, 0) is 9.59 Å². The topological polar surface area (TPSA) is 49.4 Å². The molecule has 0 aromatic heterocycles. The number of anilines is 1. The molecule has 0 radical (unpaired) electrons. The van der Waals surface area contributed by atoms with Gasteiger partial charge in [0.25, 0.3) is 0 Å². The Morgan fingerprint density at radius 1 is 1.19 bits per heavy atom. The quantitative estimate of drug-likeness (QED) is 0.844. The van der Waals surface area contributed by atoms with Crippen molar-refractivity contribution in [2.24, 2.45) is 5.92 Å². The van der Waals surface area contributed by atoms with E-state index in [4.69, 9.17) is 11.6 Å². The van der Waals surface area contributed by atoms with Crippen LogP contribution in [0.1, 0.15) is 12.0 Å². The number of halogens is 2. The van der Waals surface area contributed by atoms with Crippen LogP contribution in [-0.4, -0.2) is 24.9 Å². The van der Waals surface area contributed by atoms with Crippen LogP contribution >= 0.6 is 11.6 Å². The first kappa shape index (κ1) is 18.0. The molecule has 1 aliphatic rings. The van der Waals surface area contributed by atoms with Gasteiger partial charge in [0.2, 0.25) is 11.8 Å². The zero-order valence-electron chi connectivity index (χ0n) is 13.8. The summed E-state index contributed by atoms with van der Waals surface area (Å²) < 4.78 is 12.8. The van der Waals surface area contributed by atoms with Gasteiger partial charge in [-0.15, -0.1) is 0 Å². The predicted molar refractivity (Wildman–Crippen MR) is 98.2 cm³/mol. The fourth-order valence-electron chi connectivity index (χ4n) is 2.71. The number of amides is 2. The highest BCUT2D eigenvalue weighted by Gasteiger charge is 2.34. The summed E-state index contributed by atoms with van der Waals surface area (Å²) in [6.07, 6.45) is 0.167. The van der Waals surface area contributed by atoms with Crippen molar-refractivity contribution in [2.45, 2.75) is 6.42 Å². The van der Waals surface area contributed by atoms with Crippen molar-refractivity contribution in [1.29, 1.82) is 0 Å². The van der Waals surface area contributed by atoms with Crippen molar-refractivity contribution in [2.75, 3.05) is 18.0 Å². The first-order valence-corrected chi connectivity index (χ1v) is 8.49. The maximum atomic E-state index is 12.8. The highest BCUT2D eigenvalue weighted by Crippen LogP contribution is 2.26. The smallest absolute Gasteiger partial charge is 0.227 e. The number of nitrogens with one attached hydrogen (secondary N) is 1. The molecule has 0 bridgehead atoms. The Hall–Kier alpha value is -2.84. The number of benzene rings is 2. The Morgan fingerprint density at radius 2 is 1.88 bits per heavy atom. The SMILES string of the molecule is O=C(NCC#Cc1ccc(F)cc1)C1CC(=O)N(c2ccc(Cl)cc2)C1. The van der Waals surface area contributed by atoms with Crippen molar-refractivity contribution in [3.8, 4) is 11.8 Å². The number of nitrogens with zero attached hydrogens (tertiary/aromatic N) is 1. The molecule has 0 spiro atoms. The lowest BCUT2D eigenvalue weighted by atomic mass is 10.1. The van der Waals surface area contributed by atoms with Crippen molar-refractivity contribution < 1.29 is 14.0 Å². The van der Waals surface area contributed by atoms with Gasteiger partial charge in [-0.2, -0.15) is 0 Å². The third-order valence-electron chi connectivity index (χ3n) is 4.06. The lowest BCUT2D eigenvalue weighted by molar-refractivity contribution is -0.126. The largest absolute Gasteiger partial charge is 0.345 e. The molecule has 1 N–H and O–H groups in total. The van der Waals surface area contributed by atoms with Gasteiger partial charge in [-0.25, -0.2) is 4.39 Å². The second-order valence-corrected chi connectivity index (χ2v) is 6.34. The number of rotatable bonds is 3. The zero-order chi connectivity index (χ0) is 18.5. The maximum Gasteiger partial charge on any atom is 0.227 e. The summed E-state index contributed by atoms with van der Waals surface area (Å²) in [5.41, 5.74) is 1.40. The van der Waals surface area contributed by atoms with E-state index < -0.39 is 5.92 Å². The van der Waals surface area contributed by atoms with Crippen LogP contribution in [0.2, 0.25) is 5.02 Å². The fraction of sp³-hybridized carbons (Fsp3) is 0.200. The minimum Gasteiger partial charge on any atom is -0.345 e. The Bertz CT molecular complexity index is 869. The number of carbonyl (C=O) groups is 2. The van der Waals surface area contributed by atoms with E-state index in [0.717, 1.165) is 5.69 Å². The van der Waals surface area contributed by atoms with Crippen LogP contribution in [0, 0.1) is 23.6 Å². The highest BCUT2D eigenvalue weighted by atomic mass is 35.5. The Balaban J connectivity index is 1.53. The minimum atomic E-state index is -0.411. The summed E-state index contributed by atoms with van der Waals surface area (Å²) in [4.78, 5) is 26.0. The minimum absolute atomic E-state index is 0.0927. The highest BCUT2D eigenvalue weighted by molar-refractivity contribution is 6.30. The van der Waals surface area contributed by atoms with E-state index in [-0.39, 0.29) is 30.6 Å². The molecule has 0 aliphatic carbocycles. The Labute approximate surface area is 156 Å². The summed E-state index contributed by atoms with van der Waals surface area (Å²) in [6, 6.07) is 12.7. The van der Waals surface area contributed by atoms with Crippen molar-refractivity contribution in [3.05, 3.63) is 64.9 Å². The van der Waals surface area contributed by atoms with Crippen LogP contribution < -0.4 is 10.2 Å². The van der Waals surface area contributed by atoms with Crippen LogP contribution in [0.3, 0.4) is 0 Å². The molecule has 1 saturated heterocycles. The number of carbonyl (C=O) groups excluding carboxylic acids is 2. The normalized spacial score (nSPS) is 16.2. The van der Waals surface area contributed by atoms with Gasteiger partial charge < -0.3 is 10.2 Å². The van der Waals surface area contributed by atoms with Gasteiger partial charge in [0.05, 0.1) is 12.5 Å². The molecule has 2 amide bonds. The van der Waals surface area contributed by atoms with Gasteiger partial charge in [0.15, 0.2) is 0 Å². The summed E-state index contributed by atoms with van der Waals surface area (Å²) >= 11 is 5.86. The molecule has 1 unspecified atom stereocenters. The second kappa shape index (κ2) is 8.03. The standard InChI is InChI=1S/C20H16ClFN2O2/c21-16-5-9-18(10-6-16)24-13-15(12-19(24)25)20(26)23-11-1-2-14-3-7-17(22)8-4-14/h3-10,15H,11-13H2,(H,23,26). The monoisotopic (exact) mass is 370 g/mol. The van der Waals surface area contributed by atoms with Gasteiger partial charge >= 0.3 is 0 Å². The fourth-order valence-corrected chi connectivity index (χ4v) is 2.83. The molecule has 4 nitrogen and oxygen atoms in total. The van der Waals surface area contributed by atoms with Gasteiger partial charge in [-0.05, 0) is 48.5 Å². The third-order valence-corrected chi connectivity index (χ3v) is 4.31. The molecule has 1 aliphatic heterocycles. The molecular formula is C20H16ClFN2O2. The van der Waals surface area contributed by atoms with Gasteiger partial charge in [-0.3, -0.25) is 9.59 Å². The first-order chi connectivity index (χ1) is 12.5. The molecule has 1 atom stereocenters. The van der Waals surface area contributed by atoms with E-state index in [2.05, 4.69) is 17.2 Å². The summed E-state index contributed by atoms with van der Waals surface area (Å²) in [7, 11) is 0. The van der Waals surface area contributed by atoms with Gasteiger partial charge in [0, 0.05) is 29.2 Å². The van der Waals surface area contributed by atoms with Gasteiger partial charge in [0.1, 0.15) is 5.82 Å². The van der Waals surface area contributed by atoms with Crippen LogP contribution in [0.15, 0.2) is 48.5 Å². The van der Waals surface area contributed by atoms with E-state index >= 15 is 0 Å². The molecular weight excluding hydrogens is 355 g/mol. The van der Waals surface area contributed by atoms with E-state index in [0.29, 0.717) is 17.1 Å². The lowest BCUT2D eigenvalue weighted by Crippen LogP contribution is -2.33. The van der Waals surface area contributed by atoms with E-state index in [1.54, 1.807) is 41.3 Å². The second-order valence-electron chi connectivity index (χ2n) is 5.91. The van der Waals surface area contributed by atoms with E-state index in [9.17, 15) is 14.0 Å². The van der Waals surface area contributed by atoms with Crippen molar-refractivity contribution in [3.63, 3.8) is 0 Å². The zero-order valence-corrected chi connectivity index (χ0v) is 14.6. The molecule has 26 heavy (non-hydrogen) atoms. The molecule has 0 saturated carbocycles. The predicted octanol–water partition coefficient (Wildman–Crippen LogP) is 3.00. The summed E-state index contributed by atoms with van der Waals surface area (Å²) in [5.74, 6) is 4.63. The molecule has 1 heterocycles. The third kappa shape index (κ3) is 4.41. The molecule has 1 fully saturated rings. The molecule has 3 rings (SSSR count). The van der Waals surface area contributed by atoms with Crippen LogP contribution in [0.5, 0.6) is 0 Å². The number of hydrogen-bond acceptors (Lipinski definition) is 2. The van der Waals surface area contributed by atoms with Gasteiger partial charge in [-0.1, -0.05) is 23.4 Å². The lowest BCUT2D eigenvalue weighted by Gasteiger charge is -2.16. The van der Waals surface area contributed by atoms with Crippen LogP contribution in [0.25, 0.3) is 0 Å². The molecule has 6 heteroatoms. The van der Waals surface area contributed by atoms with E-state index in [1.165, 1.54) is 12.1 Å². The van der Waals surface area contributed by atoms with Crippen molar-refractivity contribution in [1.82, 2.24) is 5.32 Å². The Morgan fingerprint density at radius 3 is 2.58 bits per heavy atom. The van der Waals surface area contributed by atoms with Crippen molar-refractivity contribution >= 4 is 29.1 Å². The van der Waals surface area contributed by atoms with Crippen LogP contribution in [0.4, 0.5) is 10.1 Å². The summed E-state index contributed by atoms with van der Waals surface area (Å²) in [5, 5.41) is 3.31. The molecule has 2 aromatic carbocycles. The summed E-state index contributed by atoms with van der Waals surface area (Å²) in [6.45, 7) is 0.500. The average Bonchev–Trinajstić information content (AvgIpc) is 3.02. The average molecular weight is 371 g/mol. The number of hydrogen-bond donors (Lipinski definition) is 1. The maximum absolute atomic E-state index is 12.8.